The summed E-state index contributed by atoms with van der Waals surface area (Å²) in [5.74, 6) is 2.20. The molecule has 0 radical (unpaired) electrons. The number of rotatable bonds is 4. The summed E-state index contributed by atoms with van der Waals surface area (Å²) >= 11 is 0. The van der Waals surface area contributed by atoms with Gasteiger partial charge in [0.15, 0.2) is 0 Å². The lowest BCUT2D eigenvalue weighted by Crippen LogP contribution is -2.21. The minimum Gasteiger partial charge on any atom is -0.461 e. The molecular weight excluding hydrogens is 204 g/mol. The van der Waals surface area contributed by atoms with Crippen LogP contribution >= 0.6 is 0 Å². The molecule has 0 aliphatic heterocycles. The molecule has 1 N–H and O–H groups in total. The zero-order chi connectivity index (χ0) is 11.4. The van der Waals surface area contributed by atoms with E-state index in [0.29, 0.717) is 18.5 Å². The fraction of sp³-hybridized carbons (Fsp3) is 0.692. The van der Waals surface area contributed by atoms with E-state index in [1.54, 1.807) is 6.07 Å². The van der Waals surface area contributed by atoms with E-state index in [1.807, 2.05) is 6.07 Å². The van der Waals surface area contributed by atoms with E-state index in [-0.39, 0.29) is 6.61 Å². The van der Waals surface area contributed by atoms with Crippen LogP contribution in [0.5, 0.6) is 0 Å². The maximum Gasteiger partial charge on any atom is 0.130 e. The second-order valence-corrected chi connectivity index (χ2v) is 4.73. The molecule has 1 fully saturated rings. The molecule has 3 nitrogen and oxygen atoms in total. The molecule has 90 valence electrons. The molecule has 2 rings (SSSR count). The quantitative estimate of drug-likeness (QED) is 0.855. The van der Waals surface area contributed by atoms with Crippen molar-refractivity contribution in [3.63, 3.8) is 0 Å². The first-order valence-electron chi connectivity index (χ1n) is 6.08. The molecule has 0 saturated heterocycles. The van der Waals surface area contributed by atoms with Crippen LogP contribution in [0.15, 0.2) is 16.5 Å². The van der Waals surface area contributed by atoms with Gasteiger partial charge in [-0.1, -0.05) is 19.8 Å². The molecule has 1 aromatic rings. The first-order valence-corrected chi connectivity index (χ1v) is 6.08. The van der Waals surface area contributed by atoms with E-state index in [0.717, 1.165) is 24.5 Å². The Morgan fingerprint density at radius 2 is 2.19 bits per heavy atom. The Morgan fingerprint density at radius 3 is 2.88 bits per heavy atom. The molecular formula is C13H20O3. The van der Waals surface area contributed by atoms with Crippen molar-refractivity contribution in [2.24, 2.45) is 5.92 Å². The molecule has 0 aromatic carbocycles. The Bertz CT molecular complexity index is 319. The van der Waals surface area contributed by atoms with Crippen molar-refractivity contribution in [1.82, 2.24) is 0 Å². The van der Waals surface area contributed by atoms with Gasteiger partial charge in [-0.3, -0.25) is 0 Å². The van der Waals surface area contributed by atoms with Crippen LogP contribution in [0.1, 0.15) is 44.1 Å². The van der Waals surface area contributed by atoms with Crippen molar-refractivity contribution in [1.29, 1.82) is 0 Å². The Labute approximate surface area is 96.4 Å². The average molecular weight is 224 g/mol. The highest BCUT2D eigenvalue weighted by molar-refractivity contribution is 5.05. The highest BCUT2D eigenvalue weighted by Crippen LogP contribution is 2.26. The van der Waals surface area contributed by atoms with Crippen molar-refractivity contribution in [3.8, 4) is 0 Å². The first-order chi connectivity index (χ1) is 7.78. The molecule has 3 heteroatoms. The molecule has 2 atom stereocenters. The summed E-state index contributed by atoms with van der Waals surface area (Å²) in [5.41, 5.74) is 0. The smallest absolute Gasteiger partial charge is 0.130 e. The Hall–Kier alpha value is -0.800. The SMILES string of the molecule is CC1CCCC(OCc2ccc(CO)o2)C1. The van der Waals surface area contributed by atoms with Crippen LogP contribution in [0.3, 0.4) is 0 Å². The monoisotopic (exact) mass is 224 g/mol. The van der Waals surface area contributed by atoms with Crippen LogP contribution in [0.25, 0.3) is 0 Å². The van der Waals surface area contributed by atoms with Gasteiger partial charge >= 0.3 is 0 Å². The zero-order valence-corrected chi connectivity index (χ0v) is 9.82. The van der Waals surface area contributed by atoms with Crippen LogP contribution in [-0.2, 0) is 18.0 Å². The van der Waals surface area contributed by atoms with Gasteiger partial charge < -0.3 is 14.3 Å². The molecule has 1 aromatic heterocycles. The van der Waals surface area contributed by atoms with Gasteiger partial charge in [-0.05, 0) is 30.9 Å². The van der Waals surface area contributed by atoms with E-state index >= 15 is 0 Å². The average Bonchev–Trinajstić information content (AvgIpc) is 2.74. The third-order valence-electron chi connectivity index (χ3n) is 3.22. The van der Waals surface area contributed by atoms with E-state index in [1.165, 1.54) is 12.8 Å². The van der Waals surface area contributed by atoms with Crippen LogP contribution in [0.4, 0.5) is 0 Å². The third kappa shape index (κ3) is 3.09. The third-order valence-corrected chi connectivity index (χ3v) is 3.22. The van der Waals surface area contributed by atoms with Gasteiger partial charge in [-0.15, -0.1) is 0 Å². The van der Waals surface area contributed by atoms with Gasteiger partial charge in [-0.2, -0.15) is 0 Å². The van der Waals surface area contributed by atoms with Crippen molar-refractivity contribution >= 4 is 0 Å². The fourth-order valence-electron chi connectivity index (χ4n) is 2.31. The highest BCUT2D eigenvalue weighted by Gasteiger charge is 2.19. The van der Waals surface area contributed by atoms with Crippen molar-refractivity contribution < 1.29 is 14.3 Å². The summed E-state index contributed by atoms with van der Waals surface area (Å²) in [6.07, 6.45) is 5.30. The lowest BCUT2D eigenvalue weighted by molar-refractivity contribution is -0.00333. The minimum atomic E-state index is -0.0412. The zero-order valence-electron chi connectivity index (χ0n) is 9.82. The molecule has 0 bridgehead atoms. The van der Waals surface area contributed by atoms with E-state index in [4.69, 9.17) is 14.3 Å². The van der Waals surface area contributed by atoms with Gasteiger partial charge in [0, 0.05) is 0 Å². The Kier molecular flexibility index (Phi) is 4.02. The summed E-state index contributed by atoms with van der Waals surface area (Å²) < 4.78 is 11.2. The summed E-state index contributed by atoms with van der Waals surface area (Å²) in [6, 6.07) is 3.67. The molecule has 0 spiro atoms. The number of hydrogen-bond donors (Lipinski definition) is 1. The fourth-order valence-corrected chi connectivity index (χ4v) is 2.31. The van der Waals surface area contributed by atoms with Crippen molar-refractivity contribution in [3.05, 3.63) is 23.7 Å². The lowest BCUT2D eigenvalue weighted by atomic mass is 9.89. The van der Waals surface area contributed by atoms with E-state index in [2.05, 4.69) is 6.92 Å². The summed E-state index contributed by atoms with van der Waals surface area (Å²) in [6.45, 7) is 2.77. The van der Waals surface area contributed by atoms with Gasteiger partial charge in [0.25, 0.3) is 0 Å². The van der Waals surface area contributed by atoms with Crippen LogP contribution in [-0.4, -0.2) is 11.2 Å². The van der Waals surface area contributed by atoms with Gasteiger partial charge in [0.05, 0.1) is 6.10 Å². The number of aliphatic hydroxyl groups is 1. The summed E-state index contributed by atoms with van der Waals surface area (Å²) in [4.78, 5) is 0. The van der Waals surface area contributed by atoms with E-state index in [9.17, 15) is 0 Å². The predicted octanol–water partition coefficient (Wildman–Crippen LogP) is 2.87. The van der Waals surface area contributed by atoms with Crippen molar-refractivity contribution in [2.45, 2.75) is 51.9 Å². The molecule has 16 heavy (non-hydrogen) atoms. The van der Waals surface area contributed by atoms with Crippen LogP contribution < -0.4 is 0 Å². The number of hydrogen-bond acceptors (Lipinski definition) is 3. The number of furan rings is 1. The standard InChI is InChI=1S/C13H20O3/c1-10-3-2-4-11(7-10)15-9-13-6-5-12(8-14)16-13/h5-6,10-11,14H,2-4,7-9H2,1H3. The topological polar surface area (TPSA) is 42.6 Å². The van der Waals surface area contributed by atoms with Gasteiger partial charge in [0.2, 0.25) is 0 Å². The van der Waals surface area contributed by atoms with Crippen LogP contribution in [0.2, 0.25) is 0 Å². The minimum absolute atomic E-state index is 0.0412. The molecule has 1 aliphatic rings. The summed E-state index contributed by atoms with van der Waals surface area (Å²) in [7, 11) is 0. The molecule has 2 unspecified atom stereocenters. The maximum atomic E-state index is 8.87. The molecule has 1 aliphatic carbocycles. The second-order valence-electron chi connectivity index (χ2n) is 4.73. The molecule has 1 saturated carbocycles. The summed E-state index contributed by atoms with van der Waals surface area (Å²) in [5, 5.41) is 8.87. The Balaban J connectivity index is 1.78. The van der Waals surface area contributed by atoms with Crippen LogP contribution in [0, 0.1) is 5.92 Å². The van der Waals surface area contributed by atoms with Crippen molar-refractivity contribution in [2.75, 3.05) is 0 Å². The number of aliphatic hydroxyl groups excluding tert-OH is 1. The first kappa shape index (κ1) is 11.7. The Morgan fingerprint density at radius 1 is 1.38 bits per heavy atom. The second kappa shape index (κ2) is 5.51. The lowest BCUT2D eigenvalue weighted by Gasteiger charge is -2.26. The maximum absolute atomic E-state index is 8.87. The van der Waals surface area contributed by atoms with Gasteiger partial charge in [-0.25, -0.2) is 0 Å². The highest BCUT2D eigenvalue weighted by atomic mass is 16.5. The largest absolute Gasteiger partial charge is 0.461 e. The number of ether oxygens (including phenoxy) is 1. The molecule has 1 heterocycles. The predicted molar refractivity (Wildman–Crippen MR) is 60.8 cm³/mol. The normalized spacial score (nSPS) is 25.9. The molecule has 0 amide bonds. The van der Waals surface area contributed by atoms with E-state index < -0.39 is 0 Å². The van der Waals surface area contributed by atoms with Gasteiger partial charge in [0.1, 0.15) is 24.7 Å².